The zero-order chi connectivity index (χ0) is 5.28. The van der Waals surface area contributed by atoms with E-state index in [9.17, 15) is 0 Å². The Hall–Kier alpha value is 0.540. The second-order valence-corrected chi connectivity index (χ2v) is 2.31. The smallest absolute Gasteiger partial charge is 0.202 e. The van der Waals surface area contributed by atoms with Gasteiger partial charge < -0.3 is 4.74 Å². The molecule has 1 radical (unpaired) electrons. The Morgan fingerprint density at radius 3 is 2.57 bits per heavy atom. The van der Waals surface area contributed by atoms with Crippen molar-refractivity contribution >= 4 is 23.2 Å². The number of hydrogen-bond acceptors (Lipinski definition) is 1. The first-order valence-electron chi connectivity index (χ1n) is 2.10. The molecule has 0 aromatic rings. The Bertz CT molecular complexity index is 58.7. The highest BCUT2D eigenvalue weighted by atomic mass is 35.5. The topological polar surface area (TPSA) is 9.23 Å². The number of hydrogen-bond donors (Lipinski definition) is 0. The molecule has 0 N–H and O–H groups in total. The summed E-state index contributed by atoms with van der Waals surface area (Å²) in [4.78, 5) is 0. The van der Waals surface area contributed by atoms with Crippen molar-refractivity contribution in [1.82, 2.24) is 0 Å². The summed E-state index contributed by atoms with van der Waals surface area (Å²) in [5.41, 5.74) is 0.446. The van der Waals surface area contributed by atoms with E-state index in [1.165, 1.54) is 0 Å². The molecule has 3 heteroatoms. The standard InChI is InChI=1S/C4H5Cl2O/c5-3-1-2-7-4(3)6/h3H,1-2H2. The molecular weight excluding hydrogens is 135 g/mol. The lowest BCUT2D eigenvalue weighted by molar-refractivity contribution is 0.236. The van der Waals surface area contributed by atoms with Crippen LogP contribution in [0.1, 0.15) is 6.42 Å². The number of ether oxygens (including phenoxy) is 1. The maximum atomic E-state index is 5.57. The second-order valence-electron chi connectivity index (χ2n) is 1.41. The third-order valence-electron chi connectivity index (χ3n) is 0.858. The minimum atomic E-state index is -0.0540. The maximum absolute atomic E-state index is 5.57. The molecule has 0 aromatic carbocycles. The van der Waals surface area contributed by atoms with Gasteiger partial charge in [-0.25, -0.2) is 0 Å². The zero-order valence-electron chi connectivity index (χ0n) is 3.66. The van der Waals surface area contributed by atoms with Crippen LogP contribution < -0.4 is 0 Å². The van der Waals surface area contributed by atoms with Crippen LogP contribution in [-0.4, -0.2) is 12.0 Å². The van der Waals surface area contributed by atoms with E-state index < -0.39 is 0 Å². The van der Waals surface area contributed by atoms with Crippen LogP contribution in [0.5, 0.6) is 0 Å². The highest BCUT2D eigenvalue weighted by molar-refractivity contribution is 6.34. The van der Waals surface area contributed by atoms with Crippen LogP contribution in [0.3, 0.4) is 0 Å². The van der Waals surface area contributed by atoms with E-state index in [1.807, 2.05) is 0 Å². The lowest BCUT2D eigenvalue weighted by Crippen LogP contribution is -1.95. The minimum absolute atomic E-state index is 0.0540. The lowest BCUT2D eigenvalue weighted by Gasteiger charge is -1.97. The van der Waals surface area contributed by atoms with Gasteiger partial charge in [0.2, 0.25) is 5.56 Å². The molecule has 0 aromatic heterocycles. The van der Waals surface area contributed by atoms with Crippen molar-refractivity contribution in [3.05, 3.63) is 5.56 Å². The summed E-state index contributed by atoms with van der Waals surface area (Å²) >= 11 is 11.0. The molecule has 1 fully saturated rings. The van der Waals surface area contributed by atoms with Crippen molar-refractivity contribution in [2.24, 2.45) is 0 Å². The fraction of sp³-hybridized carbons (Fsp3) is 0.750. The van der Waals surface area contributed by atoms with Gasteiger partial charge >= 0.3 is 0 Å². The summed E-state index contributed by atoms with van der Waals surface area (Å²) in [5, 5.41) is -0.0540. The number of rotatable bonds is 0. The van der Waals surface area contributed by atoms with E-state index in [-0.39, 0.29) is 5.38 Å². The van der Waals surface area contributed by atoms with E-state index >= 15 is 0 Å². The molecule has 0 bridgehead atoms. The molecule has 41 valence electrons. The molecular formula is C4H5Cl2O. The molecule has 1 nitrogen and oxygen atoms in total. The van der Waals surface area contributed by atoms with Gasteiger partial charge in [0.25, 0.3) is 0 Å². The molecule has 1 saturated heterocycles. The Labute approximate surface area is 52.5 Å². The predicted octanol–water partition coefficient (Wildman–Crippen LogP) is 1.74. The van der Waals surface area contributed by atoms with Crippen LogP contribution >= 0.6 is 23.2 Å². The van der Waals surface area contributed by atoms with Crippen LogP contribution in [-0.2, 0) is 4.74 Å². The molecule has 0 spiro atoms. The maximum Gasteiger partial charge on any atom is 0.202 e. The van der Waals surface area contributed by atoms with Crippen molar-refractivity contribution in [2.45, 2.75) is 11.8 Å². The lowest BCUT2D eigenvalue weighted by atomic mass is 10.4. The summed E-state index contributed by atoms with van der Waals surface area (Å²) in [7, 11) is 0. The summed E-state index contributed by atoms with van der Waals surface area (Å²) in [6.45, 7) is 0.674. The summed E-state index contributed by atoms with van der Waals surface area (Å²) in [5.74, 6) is 0. The van der Waals surface area contributed by atoms with Gasteiger partial charge in [0.1, 0.15) is 0 Å². The van der Waals surface area contributed by atoms with E-state index in [4.69, 9.17) is 27.9 Å². The summed E-state index contributed by atoms with van der Waals surface area (Å²) < 4.78 is 4.82. The quantitative estimate of drug-likeness (QED) is 0.465. The molecule has 1 heterocycles. The molecule has 1 atom stereocenters. The van der Waals surface area contributed by atoms with Gasteiger partial charge in [0.05, 0.1) is 12.0 Å². The van der Waals surface area contributed by atoms with E-state index in [1.54, 1.807) is 0 Å². The van der Waals surface area contributed by atoms with Crippen molar-refractivity contribution in [3.63, 3.8) is 0 Å². The van der Waals surface area contributed by atoms with Gasteiger partial charge in [0, 0.05) is 0 Å². The molecule has 7 heavy (non-hydrogen) atoms. The Morgan fingerprint density at radius 2 is 2.43 bits per heavy atom. The minimum Gasteiger partial charge on any atom is -0.354 e. The van der Waals surface area contributed by atoms with Gasteiger partial charge in [-0.2, -0.15) is 0 Å². The average Bonchev–Trinajstić information content (AvgIpc) is 1.91. The zero-order valence-corrected chi connectivity index (χ0v) is 5.17. The molecule has 0 amide bonds. The van der Waals surface area contributed by atoms with Crippen molar-refractivity contribution in [2.75, 3.05) is 6.61 Å². The molecule has 1 rings (SSSR count). The van der Waals surface area contributed by atoms with Crippen LogP contribution in [0, 0.1) is 5.56 Å². The highest BCUT2D eigenvalue weighted by Gasteiger charge is 2.24. The molecule has 1 aliphatic heterocycles. The van der Waals surface area contributed by atoms with Crippen molar-refractivity contribution in [3.8, 4) is 0 Å². The highest BCUT2D eigenvalue weighted by Crippen LogP contribution is 2.28. The molecule has 1 unspecified atom stereocenters. The van der Waals surface area contributed by atoms with Crippen LogP contribution in [0.4, 0.5) is 0 Å². The Kier molecular flexibility index (Phi) is 1.79. The SMILES string of the molecule is Cl[C]1OCCC1Cl. The summed E-state index contributed by atoms with van der Waals surface area (Å²) in [6.07, 6.45) is 0.848. The number of halogens is 2. The first kappa shape index (κ1) is 5.67. The normalized spacial score (nSPS) is 34.3. The van der Waals surface area contributed by atoms with Gasteiger partial charge in [0.15, 0.2) is 0 Å². The van der Waals surface area contributed by atoms with Crippen LogP contribution in [0.2, 0.25) is 0 Å². The van der Waals surface area contributed by atoms with E-state index in [0.29, 0.717) is 12.2 Å². The van der Waals surface area contributed by atoms with Crippen molar-refractivity contribution < 1.29 is 4.74 Å². The van der Waals surface area contributed by atoms with Gasteiger partial charge in [-0.15, -0.1) is 11.6 Å². The fourth-order valence-corrected chi connectivity index (χ4v) is 0.802. The Balaban J connectivity index is 2.33. The largest absolute Gasteiger partial charge is 0.354 e. The molecule has 1 aliphatic rings. The molecule has 0 aliphatic carbocycles. The molecule has 0 saturated carbocycles. The second kappa shape index (κ2) is 2.21. The first-order chi connectivity index (χ1) is 3.30. The van der Waals surface area contributed by atoms with Crippen molar-refractivity contribution in [1.29, 1.82) is 0 Å². The van der Waals surface area contributed by atoms with Gasteiger partial charge in [-0.3, -0.25) is 0 Å². The van der Waals surface area contributed by atoms with Crippen LogP contribution in [0.25, 0.3) is 0 Å². The van der Waals surface area contributed by atoms with E-state index in [2.05, 4.69) is 0 Å². The third-order valence-corrected chi connectivity index (χ3v) is 1.76. The van der Waals surface area contributed by atoms with Gasteiger partial charge in [-0.1, -0.05) is 11.6 Å². The van der Waals surface area contributed by atoms with E-state index in [0.717, 1.165) is 6.42 Å². The van der Waals surface area contributed by atoms with Gasteiger partial charge in [-0.05, 0) is 6.42 Å². The predicted molar refractivity (Wildman–Crippen MR) is 29.3 cm³/mol. The fourth-order valence-electron chi connectivity index (χ4n) is 0.464. The monoisotopic (exact) mass is 139 g/mol. The first-order valence-corrected chi connectivity index (χ1v) is 2.91. The third kappa shape index (κ3) is 1.21. The number of alkyl halides is 1. The average molecular weight is 140 g/mol. The summed E-state index contributed by atoms with van der Waals surface area (Å²) in [6, 6.07) is 0. The Morgan fingerprint density at radius 1 is 1.71 bits per heavy atom. The van der Waals surface area contributed by atoms with Crippen LogP contribution in [0.15, 0.2) is 0 Å².